The molecule has 1 aliphatic rings. The van der Waals surface area contributed by atoms with E-state index in [1.165, 1.54) is 32.4 Å². The van der Waals surface area contributed by atoms with Crippen LogP contribution in [0.4, 0.5) is 0 Å². The van der Waals surface area contributed by atoms with Crippen LogP contribution in [0.2, 0.25) is 12.6 Å². The summed E-state index contributed by atoms with van der Waals surface area (Å²) in [6, 6.07) is 0.615. The first-order chi connectivity index (χ1) is 6.08. The lowest BCUT2D eigenvalue weighted by Crippen LogP contribution is -2.34. The van der Waals surface area contributed by atoms with Crippen LogP contribution >= 0.6 is 0 Å². The first-order valence-electron chi connectivity index (χ1n) is 5.25. The van der Waals surface area contributed by atoms with Gasteiger partial charge in [0.05, 0.1) is 0 Å². The molecule has 1 saturated heterocycles. The molecule has 1 aliphatic heterocycles. The van der Waals surface area contributed by atoms with Crippen molar-refractivity contribution in [2.45, 2.75) is 38.3 Å². The second kappa shape index (κ2) is 5.10. The normalized spacial score (nSPS) is 20.5. The standard InChI is InChI=1S/C9H21NO2Si/c1-13(11,12)9-5-8-10-6-3-2-4-7-10/h11-12H,2-9H2,1H3. The Labute approximate surface area is 81.6 Å². The summed E-state index contributed by atoms with van der Waals surface area (Å²) in [5, 5.41) is 0. The van der Waals surface area contributed by atoms with Gasteiger partial charge < -0.3 is 14.5 Å². The predicted octanol–water partition coefficient (Wildman–Crippen LogP) is 0.919. The van der Waals surface area contributed by atoms with Crippen LogP contribution in [0.5, 0.6) is 0 Å². The van der Waals surface area contributed by atoms with Gasteiger partial charge in [-0.15, -0.1) is 0 Å². The van der Waals surface area contributed by atoms with E-state index < -0.39 is 8.56 Å². The van der Waals surface area contributed by atoms with Gasteiger partial charge in [0.25, 0.3) is 0 Å². The minimum Gasteiger partial charge on any atom is -0.411 e. The highest BCUT2D eigenvalue weighted by Gasteiger charge is 2.21. The smallest absolute Gasteiger partial charge is 0.329 e. The van der Waals surface area contributed by atoms with Gasteiger partial charge in [-0.3, -0.25) is 0 Å². The van der Waals surface area contributed by atoms with E-state index in [4.69, 9.17) is 0 Å². The van der Waals surface area contributed by atoms with Crippen LogP contribution < -0.4 is 0 Å². The number of likely N-dealkylation sites (tertiary alicyclic amines) is 1. The molecule has 0 aromatic carbocycles. The molecule has 3 nitrogen and oxygen atoms in total. The van der Waals surface area contributed by atoms with Crippen molar-refractivity contribution in [3.05, 3.63) is 0 Å². The maximum Gasteiger partial charge on any atom is 0.329 e. The molecule has 1 heterocycles. The van der Waals surface area contributed by atoms with Crippen molar-refractivity contribution in [2.75, 3.05) is 19.6 Å². The van der Waals surface area contributed by atoms with Crippen molar-refractivity contribution in [2.24, 2.45) is 0 Å². The molecule has 1 rings (SSSR count). The van der Waals surface area contributed by atoms with Gasteiger partial charge in [-0.05, 0) is 51.5 Å². The second-order valence-corrected chi connectivity index (χ2v) is 7.16. The third kappa shape index (κ3) is 5.41. The molecule has 78 valence electrons. The number of hydrogen-bond donors (Lipinski definition) is 2. The van der Waals surface area contributed by atoms with Crippen LogP contribution in [-0.2, 0) is 0 Å². The second-order valence-electron chi connectivity index (χ2n) is 4.22. The molecule has 0 unspecified atom stereocenters. The number of rotatable bonds is 4. The highest BCUT2D eigenvalue weighted by molar-refractivity contribution is 6.63. The van der Waals surface area contributed by atoms with Crippen LogP contribution in [0.3, 0.4) is 0 Å². The lowest BCUT2D eigenvalue weighted by atomic mass is 10.1. The highest BCUT2D eigenvalue weighted by Crippen LogP contribution is 2.11. The Morgan fingerprint density at radius 1 is 1.15 bits per heavy atom. The number of piperidine rings is 1. The Hall–Kier alpha value is 0.0969. The first-order valence-corrected chi connectivity index (χ1v) is 7.85. The molecular weight excluding hydrogens is 182 g/mol. The van der Waals surface area contributed by atoms with Crippen molar-refractivity contribution < 1.29 is 9.59 Å². The third-order valence-corrected chi connectivity index (χ3v) is 3.87. The molecule has 0 amide bonds. The molecule has 0 aromatic heterocycles. The Bertz CT molecular complexity index is 141. The zero-order valence-corrected chi connectivity index (χ0v) is 9.50. The molecule has 1 fully saturated rings. The van der Waals surface area contributed by atoms with Gasteiger partial charge in [0, 0.05) is 0 Å². The van der Waals surface area contributed by atoms with Gasteiger partial charge >= 0.3 is 8.56 Å². The van der Waals surface area contributed by atoms with Gasteiger partial charge in [-0.1, -0.05) is 6.42 Å². The van der Waals surface area contributed by atoms with E-state index >= 15 is 0 Å². The summed E-state index contributed by atoms with van der Waals surface area (Å²) in [7, 11) is -2.77. The Morgan fingerprint density at radius 2 is 1.77 bits per heavy atom. The lowest BCUT2D eigenvalue weighted by Gasteiger charge is -2.26. The van der Waals surface area contributed by atoms with Gasteiger partial charge in [0.15, 0.2) is 0 Å². The van der Waals surface area contributed by atoms with Crippen LogP contribution in [0.1, 0.15) is 25.7 Å². The zero-order chi connectivity index (χ0) is 9.73. The fraction of sp³-hybridized carbons (Fsp3) is 1.00. The molecule has 0 atom stereocenters. The topological polar surface area (TPSA) is 43.7 Å². The van der Waals surface area contributed by atoms with E-state index in [0.29, 0.717) is 6.04 Å². The molecule has 2 N–H and O–H groups in total. The fourth-order valence-corrected chi connectivity index (χ4v) is 2.65. The summed E-state index contributed by atoms with van der Waals surface area (Å²) in [5.74, 6) is 0. The summed E-state index contributed by atoms with van der Waals surface area (Å²) >= 11 is 0. The van der Waals surface area contributed by atoms with E-state index in [9.17, 15) is 9.59 Å². The molecule has 0 spiro atoms. The highest BCUT2D eigenvalue weighted by atomic mass is 28.4. The molecule has 0 radical (unpaired) electrons. The molecule has 4 heteroatoms. The summed E-state index contributed by atoms with van der Waals surface area (Å²) < 4.78 is 0. The number of hydrogen-bond acceptors (Lipinski definition) is 3. The van der Waals surface area contributed by atoms with Crippen molar-refractivity contribution in [1.29, 1.82) is 0 Å². The quantitative estimate of drug-likeness (QED) is 0.668. The predicted molar refractivity (Wildman–Crippen MR) is 55.8 cm³/mol. The van der Waals surface area contributed by atoms with Crippen molar-refractivity contribution in [1.82, 2.24) is 4.90 Å². The van der Waals surface area contributed by atoms with E-state index in [2.05, 4.69) is 4.90 Å². The SMILES string of the molecule is C[Si](O)(O)CCCN1CCCCC1. The fourth-order valence-electron chi connectivity index (χ4n) is 1.82. The Morgan fingerprint density at radius 3 is 2.31 bits per heavy atom. The van der Waals surface area contributed by atoms with Gasteiger partial charge in [0.1, 0.15) is 0 Å². The summed E-state index contributed by atoms with van der Waals surface area (Å²) in [6.07, 6.45) is 4.93. The monoisotopic (exact) mass is 203 g/mol. The Balaban J connectivity index is 2.04. The van der Waals surface area contributed by atoms with Crippen molar-refractivity contribution >= 4 is 8.56 Å². The van der Waals surface area contributed by atoms with E-state index in [1.807, 2.05) is 0 Å². The minimum atomic E-state index is -2.77. The maximum atomic E-state index is 9.22. The molecular formula is C9H21NO2Si. The van der Waals surface area contributed by atoms with Gasteiger partial charge in [-0.2, -0.15) is 0 Å². The van der Waals surface area contributed by atoms with E-state index in [-0.39, 0.29) is 0 Å². The minimum absolute atomic E-state index is 0.615. The van der Waals surface area contributed by atoms with Crippen LogP contribution in [0, 0.1) is 0 Å². The molecule has 0 aliphatic carbocycles. The third-order valence-electron chi connectivity index (χ3n) is 2.57. The first kappa shape index (κ1) is 11.2. The van der Waals surface area contributed by atoms with Crippen molar-refractivity contribution in [3.63, 3.8) is 0 Å². The van der Waals surface area contributed by atoms with Crippen LogP contribution in [0.25, 0.3) is 0 Å². The molecule has 13 heavy (non-hydrogen) atoms. The number of nitrogens with zero attached hydrogens (tertiary/aromatic N) is 1. The Kier molecular flexibility index (Phi) is 4.38. The van der Waals surface area contributed by atoms with Crippen LogP contribution in [-0.4, -0.2) is 42.7 Å². The van der Waals surface area contributed by atoms with E-state index in [1.54, 1.807) is 6.55 Å². The largest absolute Gasteiger partial charge is 0.411 e. The summed E-state index contributed by atoms with van der Waals surface area (Å²) in [4.78, 5) is 20.9. The average Bonchev–Trinajstić information content (AvgIpc) is 2.04. The summed E-state index contributed by atoms with van der Waals surface area (Å²) in [5.41, 5.74) is 0. The maximum absolute atomic E-state index is 9.22. The zero-order valence-electron chi connectivity index (χ0n) is 8.50. The lowest BCUT2D eigenvalue weighted by molar-refractivity contribution is 0.226. The molecule has 0 saturated carbocycles. The van der Waals surface area contributed by atoms with E-state index in [0.717, 1.165) is 13.0 Å². The van der Waals surface area contributed by atoms with Gasteiger partial charge in [0.2, 0.25) is 0 Å². The van der Waals surface area contributed by atoms with Crippen molar-refractivity contribution in [3.8, 4) is 0 Å². The summed E-state index contributed by atoms with van der Waals surface area (Å²) in [6.45, 7) is 5.04. The molecule has 0 bridgehead atoms. The van der Waals surface area contributed by atoms with Gasteiger partial charge in [-0.25, -0.2) is 0 Å². The molecule has 0 aromatic rings. The van der Waals surface area contributed by atoms with Crippen LogP contribution in [0.15, 0.2) is 0 Å². The average molecular weight is 203 g/mol.